The van der Waals surface area contributed by atoms with E-state index in [-0.39, 0.29) is 0 Å². The molecule has 0 radical (unpaired) electrons. The molecule has 0 spiro atoms. The summed E-state index contributed by atoms with van der Waals surface area (Å²) in [5.41, 5.74) is 0. The van der Waals surface area contributed by atoms with E-state index in [0.717, 1.165) is 17.8 Å². The van der Waals surface area contributed by atoms with Gasteiger partial charge in [-0.1, -0.05) is 58.3 Å². The second-order valence-corrected chi connectivity index (χ2v) is 5.72. The Kier molecular flexibility index (Phi) is 3.89. The van der Waals surface area contributed by atoms with Gasteiger partial charge in [-0.05, 0) is 30.6 Å². The summed E-state index contributed by atoms with van der Waals surface area (Å²) < 4.78 is 0. The number of rotatable bonds is 5. The second-order valence-electron chi connectivity index (χ2n) is 5.72. The summed E-state index contributed by atoms with van der Waals surface area (Å²) in [5.74, 6) is 3.38. The fraction of sp³-hybridized carbons (Fsp3) is 1.00. The highest BCUT2D eigenvalue weighted by molar-refractivity contribution is 4.80. The van der Waals surface area contributed by atoms with E-state index in [4.69, 9.17) is 0 Å². The molecule has 2 aliphatic rings. The number of hydrogen-bond acceptors (Lipinski definition) is 0. The average Bonchev–Trinajstić information content (AvgIpc) is 2.61. The lowest BCUT2D eigenvalue weighted by molar-refractivity contribution is 0.160. The lowest BCUT2D eigenvalue weighted by Gasteiger charge is -2.36. The van der Waals surface area contributed by atoms with Gasteiger partial charge in [-0.15, -0.1) is 0 Å². The topological polar surface area (TPSA) is 0 Å². The highest BCUT2D eigenvalue weighted by Gasteiger charge is 2.28. The van der Waals surface area contributed by atoms with E-state index < -0.39 is 0 Å². The van der Waals surface area contributed by atoms with Crippen LogP contribution in [-0.2, 0) is 0 Å². The van der Waals surface area contributed by atoms with Crippen LogP contribution in [0.5, 0.6) is 0 Å². The standard InChI is InChI=1S/C14H26/c1-2-5-13-10-14(11-13)9-8-12-6-3-4-7-12/h12-14H,2-11H2,1H3. The molecule has 0 heterocycles. The zero-order valence-electron chi connectivity index (χ0n) is 9.80. The van der Waals surface area contributed by atoms with Gasteiger partial charge in [0.05, 0.1) is 0 Å². The molecule has 0 aliphatic heterocycles. The van der Waals surface area contributed by atoms with E-state index in [1.165, 1.54) is 25.7 Å². The van der Waals surface area contributed by atoms with Gasteiger partial charge >= 0.3 is 0 Å². The zero-order chi connectivity index (χ0) is 9.80. The van der Waals surface area contributed by atoms with Gasteiger partial charge in [0.25, 0.3) is 0 Å². The molecule has 2 aliphatic carbocycles. The molecule has 2 saturated carbocycles. The molecule has 0 bridgehead atoms. The van der Waals surface area contributed by atoms with Crippen LogP contribution < -0.4 is 0 Å². The van der Waals surface area contributed by atoms with Gasteiger partial charge in [-0.25, -0.2) is 0 Å². The maximum atomic E-state index is 2.33. The quantitative estimate of drug-likeness (QED) is 0.590. The van der Waals surface area contributed by atoms with Crippen molar-refractivity contribution in [1.29, 1.82) is 0 Å². The highest BCUT2D eigenvalue weighted by Crippen LogP contribution is 2.41. The van der Waals surface area contributed by atoms with Crippen molar-refractivity contribution in [2.45, 2.75) is 71.1 Å². The molecular formula is C14H26. The third-order valence-electron chi connectivity index (χ3n) is 4.49. The maximum absolute atomic E-state index is 2.33. The van der Waals surface area contributed by atoms with Gasteiger partial charge < -0.3 is 0 Å². The minimum atomic E-state index is 1.12. The molecule has 0 nitrogen and oxygen atoms in total. The Morgan fingerprint density at radius 1 is 0.786 bits per heavy atom. The lowest BCUT2D eigenvalue weighted by atomic mass is 9.70. The summed E-state index contributed by atoms with van der Waals surface area (Å²) in [4.78, 5) is 0. The molecule has 0 aromatic carbocycles. The van der Waals surface area contributed by atoms with Crippen molar-refractivity contribution >= 4 is 0 Å². The molecule has 0 saturated heterocycles. The van der Waals surface area contributed by atoms with Crippen molar-refractivity contribution in [3.8, 4) is 0 Å². The Morgan fingerprint density at radius 3 is 2.00 bits per heavy atom. The summed E-state index contributed by atoms with van der Waals surface area (Å²) in [6.07, 6.45) is 15.3. The second kappa shape index (κ2) is 5.19. The monoisotopic (exact) mass is 194 g/mol. The zero-order valence-corrected chi connectivity index (χ0v) is 9.80. The molecule has 82 valence electrons. The van der Waals surface area contributed by atoms with E-state index in [1.807, 2.05) is 0 Å². The Bertz CT molecular complexity index is 149. The van der Waals surface area contributed by atoms with Gasteiger partial charge in [-0.3, -0.25) is 0 Å². The van der Waals surface area contributed by atoms with Crippen LogP contribution in [0.2, 0.25) is 0 Å². The average molecular weight is 194 g/mol. The van der Waals surface area contributed by atoms with Gasteiger partial charge in [-0.2, -0.15) is 0 Å². The molecule has 0 atom stereocenters. The van der Waals surface area contributed by atoms with Crippen LogP contribution in [0.4, 0.5) is 0 Å². The molecule has 0 unspecified atom stereocenters. The van der Waals surface area contributed by atoms with Crippen LogP contribution in [0.1, 0.15) is 71.1 Å². The fourth-order valence-corrected chi connectivity index (χ4v) is 3.52. The van der Waals surface area contributed by atoms with Crippen molar-refractivity contribution in [3.63, 3.8) is 0 Å². The summed E-state index contributed by atoms with van der Waals surface area (Å²) in [5, 5.41) is 0. The first-order valence-electron chi connectivity index (χ1n) is 6.88. The summed E-state index contributed by atoms with van der Waals surface area (Å²) >= 11 is 0. The Hall–Kier alpha value is 0. The molecule has 0 N–H and O–H groups in total. The van der Waals surface area contributed by atoms with E-state index in [0.29, 0.717) is 0 Å². The van der Waals surface area contributed by atoms with Crippen LogP contribution >= 0.6 is 0 Å². The molecule has 0 aromatic heterocycles. The van der Waals surface area contributed by atoms with Crippen LogP contribution in [0.3, 0.4) is 0 Å². The van der Waals surface area contributed by atoms with Crippen LogP contribution in [0, 0.1) is 17.8 Å². The van der Waals surface area contributed by atoms with Gasteiger partial charge in [0, 0.05) is 0 Å². The predicted octanol–water partition coefficient (Wildman–Crippen LogP) is 4.78. The minimum absolute atomic E-state index is 1.12. The maximum Gasteiger partial charge on any atom is -0.0409 e. The van der Waals surface area contributed by atoms with Crippen LogP contribution in [0.25, 0.3) is 0 Å². The Balaban J connectivity index is 1.51. The summed E-state index contributed by atoms with van der Waals surface area (Å²) in [6, 6.07) is 0. The molecule has 0 amide bonds. The van der Waals surface area contributed by atoms with Crippen LogP contribution in [-0.4, -0.2) is 0 Å². The molecule has 14 heavy (non-hydrogen) atoms. The summed E-state index contributed by atoms with van der Waals surface area (Å²) in [6.45, 7) is 2.33. The third-order valence-corrected chi connectivity index (χ3v) is 4.49. The third kappa shape index (κ3) is 2.74. The van der Waals surface area contributed by atoms with Crippen molar-refractivity contribution in [2.24, 2.45) is 17.8 Å². The first kappa shape index (κ1) is 10.5. The predicted molar refractivity (Wildman–Crippen MR) is 62.3 cm³/mol. The Morgan fingerprint density at radius 2 is 1.36 bits per heavy atom. The van der Waals surface area contributed by atoms with Crippen LogP contribution in [0.15, 0.2) is 0 Å². The van der Waals surface area contributed by atoms with Gasteiger partial charge in [0.15, 0.2) is 0 Å². The van der Waals surface area contributed by atoms with E-state index in [9.17, 15) is 0 Å². The molecule has 0 heteroatoms. The SMILES string of the molecule is CCCC1CC(CCC2CCCC2)C1. The van der Waals surface area contributed by atoms with Gasteiger partial charge in [0.1, 0.15) is 0 Å². The smallest absolute Gasteiger partial charge is 0.0409 e. The van der Waals surface area contributed by atoms with E-state index in [2.05, 4.69) is 6.92 Å². The van der Waals surface area contributed by atoms with Crippen molar-refractivity contribution in [1.82, 2.24) is 0 Å². The summed E-state index contributed by atoms with van der Waals surface area (Å²) in [7, 11) is 0. The molecule has 2 fully saturated rings. The highest BCUT2D eigenvalue weighted by atomic mass is 14.3. The van der Waals surface area contributed by atoms with Crippen molar-refractivity contribution < 1.29 is 0 Å². The molecular weight excluding hydrogens is 168 g/mol. The van der Waals surface area contributed by atoms with E-state index >= 15 is 0 Å². The molecule has 0 aromatic rings. The minimum Gasteiger partial charge on any atom is -0.0654 e. The van der Waals surface area contributed by atoms with E-state index in [1.54, 1.807) is 38.5 Å². The number of hydrogen-bond donors (Lipinski definition) is 0. The van der Waals surface area contributed by atoms with Crippen molar-refractivity contribution in [3.05, 3.63) is 0 Å². The van der Waals surface area contributed by atoms with Crippen molar-refractivity contribution in [2.75, 3.05) is 0 Å². The fourth-order valence-electron chi connectivity index (χ4n) is 3.52. The lowest BCUT2D eigenvalue weighted by Crippen LogP contribution is -2.23. The normalized spacial score (nSPS) is 33.2. The first-order chi connectivity index (χ1) is 6.88. The van der Waals surface area contributed by atoms with Gasteiger partial charge in [0.2, 0.25) is 0 Å². The largest absolute Gasteiger partial charge is 0.0654 e. The first-order valence-corrected chi connectivity index (χ1v) is 6.88. The Labute approximate surface area is 89.5 Å². The molecule has 2 rings (SSSR count).